The summed E-state index contributed by atoms with van der Waals surface area (Å²) < 4.78 is 42.4. The highest BCUT2D eigenvalue weighted by atomic mass is 127. The Balaban J connectivity index is 1.32. The van der Waals surface area contributed by atoms with Crippen molar-refractivity contribution in [1.82, 2.24) is 13.8 Å². The number of ether oxygens (including phenoxy) is 2. The first-order chi connectivity index (χ1) is 20.7. The maximum Gasteiger partial charge on any atom is 0.342 e. The van der Waals surface area contributed by atoms with Gasteiger partial charge in [-0.25, -0.2) is 17.2 Å². The second kappa shape index (κ2) is 11.7. The molecule has 2 heterocycles. The van der Waals surface area contributed by atoms with Gasteiger partial charge in [-0.05, 0) is 95.7 Å². The molecule has 0 aliphatic heterocycles. The second-order valence-corrected chi connectivity index (χ2v) is 13.0. The molecule has 6 rings (SSSR count). The van der Waals surface area contributed by atoms with Crippen LogP contribution < -0.4 is 4.74 Å². The number of halogens is 1. The predicted molar refractivity (Wildman–Crippen MR) is 173 cm³/mol. The van der Waals surface area contributed by atoms with Gasteiger partial charge in [0.05, 0.1) is 29.8 Å². The number of aryl methyl sites for hydroxylation is 1. The molecule has 0 aliphatic carbocycles. The number of fused-ring (bicyclic) bond motifs is 1. The van der Waals surface area contributed by atoms with E-state index in [1.165, 1.54) is 16.9 Å². The number of rotatable bonds is 8. The van der Waals surface area contributed by atoms with Crippen molar-refractivity contribution in [3.63, 3.8) is 0 Å². The molecule has 0 radical (unpaired) electrons. The topological polar surface area (TPSA) is 92.4 Å². The molecule has 0 bridgehead atoms. The summed E-state index contributed by atoms with van der Waals surface area (Å²) in [5.74, 6) is 0.0867. The fourth-order valence-corrected chi connectivity index (χ4v) is 6.83. The summed E-state index contributed by atoms with van der Waals surface area (Å²) in [6, 6.07) is 29.0. The molecule has 2 aromatic heterocycles. The van der Waals surface area contributed by atoms with Gasteiger partial charge in [0, 0.05) is 26.9 Å². The summed E-state index contributed by atoms with van der Waals surface area (Å²) in [6.45, 7) is 2.54. The summed E-state index contributed by atoms with van der Waals surface area (Å²) in [5, 5.41) is 5.13. The molecule has 4 aromatic carbocycles. The maximum absolute atomic E-state index is 13.4. The minimum absolute atomic E-state index is 0.130. The van der Waals surface area contributed by atoms with E-state index in [0.29, 0.717) is 23.2 Å². The van der Waals surface area contributed by atoms with E-state index in [4.69, 9.17) is 14.6 Å². The van der Waals surface area contributed by atoms with Crippen LogP contribution in [0.25, 0.3) is 22.2 Å². The molecule has 0 saturated heterocycles. The minimum Gasteiger partial charge on any atom is -0.465 e. The normalized spacial score (nSPS) is 11.5. The average molecular weight is 704 g/mol. The molecule has 6 aromatic rings. The molecule has 0 N–H and O–H groups in total. The molecule has 0 atom stereocenters. The highest BCUT2D eigenvalue weighted by Crippen LogP contribution is 2.35. The predicted octanol–water partition coefficient (Wildman–Crippen LogP) is 7.28. The van der Waals surface area contributed by atoms with Gasteiger partial charge >= 0.3 is 5.97 Å². The van der Waals surface area contributed by atoms with E-state index in [1.807, 2.05) is 48.1 Å². The van der Waals surface area contributed by atoms with E-state index < -0.39 is 16.0 Å². The highest BCUT2D eigenvalue weighted by Gasteiger charge is 2.24. The van der Waals surface area contributed by atoms with Crippen LogP contribution in [0.2, 0.25) is 0 Å². The van der Waals surface area contributed by atoms with E-state index in [2.05, 4.69) is 40.8 Å². The summed E-state index contributed by atoms with van der Waals surface area (Å²) >= 11 is 2.30. The Morgan fingerprint density at radius 3 is 2.47 bits per heavy atom. The van der Waals surface area contributed by atoms with Crippen molar-refractivity contribution < 1.29 is 22.7 Å². The number of hydrogen-bond acceptors (Lipinski definition) is 6. The third-order valence-electron chi connectivity index (χ3n) is 7.00. The molecule has 0 fully saturated rings. The van der Waals surface area contributed by atoms with Crippen LogP contribution in [0, 0.1) is 10.5 Å². The first kappa shape index (κ1) is 28.7. The van der Waals surface area contributed by atoms with E-state index in [1.54, 1.807) is 48.5 Å². The van der Waals surface area contributed by atoms with Crippen LogP contribution in [0.15, 0.2) is 114 Å². The van der Waals surface area contributed by atoms with Crippen molar-refractivity contribution in [2.45, 2.75) is 18.4 Å². The van der Waals surface area contributed by atoms with Gasteiger partial charge in [-0.15, -0.1) is 0 Å². The Hall–Kier alpha value is -4.42. The van der Waals surface area contributed by atoms with Crippen LogP contribution in [0.4, 0.5) is 0 Å². The largest absolute Gasteiger partial charge is 0.465 e. The summed E-state index contributed by atoms with van der Waals surface area (Å²) in [4.78, 5) is 13.1. The number of carbonyl (C=O) groups is 1. The minimum atomic E-state index is -3.90. The fourth-order valence-electron chi connectivity index (χ4n) is 4.87. The van der Waals surface area contributed by atoms with E-state index in [-0.39, 0.29) is 16.2 Å². The molecule has 0 aliphatic rings. The van der Waals surface area contributed by atoms with Crippen molar-refractivity contribution in [3.05, 3.63) is 130 Å². The molecule has 8 nitrogen and oxygen atoms in total. The SMILES string of the molecule is COC(=O)c1c(Oc2cccc(-c3ccn(Cc4cccc(I)c4)n3)c2)ccc2c1ccn2S(=O)(=O)c1ccc(C)cc1. The lowest BCUT2D eigenvalue weighted by molar-refractivity contribution is 0.0600. The monoisotopic (exact) mass is 703 g/mol. The van der Waals surface area contributed by atoms with Crippen LogP contribution in [-0.4, -0.2) is 35.2 Å². The van der Waals surface area contributed by atoms with Crippen molar-refractivity contribution in [1.29, 1.82) is 0 Å². The Morgan fingerprint density at radius 1 is 0.907 bits per heavy atom. The molecule has 43 heavy (non-hydrogen) atoms. The number of benzene rings is 4. The van der Waals surface area contributed by atoms with Gasteiger partial charge in [-0.3, -0.25) is 4.68 Å². The molecule has 216 valence electrons. The van der Waals surface area contributed by atoms with Gasteiger partial charge in [0.2, 0.25) is 0 Å². The van der Waals surface area contributed by atoms with Gasteiger partial charge in [-0.2, -0.15) is 5.10 Å². The molecule has 10 heteroatoms. The quantitative estimate of drug-likeness (QED) is 0.122. The number of nitrogens with zero attached hydrogens (tertiary/aromatic N) is 3. The van der Waals surface area contributed by atoms with Gasteiger partial charge < -0.3 is 9.47 Å². The molecule has 0 amide bonds. The number of hydrogen-bond donors (Lipinski definition) is 0. The summed E-state index contributed by atoms with van der Waals surface area (Å²) in [7, 11) is -2.63. The summed E-state index contributed by atoms with van der Waals surface area (Å²) in [5.41, 5.74) is 4.19. The van der Waals surface area contributed by atoms with Crippen molar-refractivity contribution in [2.24, 2.45) is 0 Å². The first-order valence-electron chi connectivity index (χ1n) is 13.3. The Morgan fingerprint density at radius 2 is 1.70 bits per heavy atom. The van der Waals surface area contributed by atoms with Gasteiger partial charge in [0.15, 0.2) is 0 Å². The lowest BCUT2D eigenvalue weighted by atomic mass is 10.1. The number of aromatic nitrogens is 3. The zero-order valence-electron chi connectivity index (χ0n) is 23.3. The van der Waals surface area contributed by atoms with Gasteiger partial charge in [0.25, 0.3) is 10.0 Å². The van der Waals surface area contributed by atoms with Crippen molar-refractivity contribution in [2.75, 3.05) is 7.11 Å². The Bertz CT molecular complexity index is 2080. The highest BCUT2D eigenvalue weighted by molar-refractivity contribution is 14.1. The van der Waals surface area contributed by atoms with Crippen LogP contribution in [-0.2, 0) is 21.3 Å². The van der Waals surface area contributed by atoms with E-state index in [9.17, 15) is 13.2 Å². The van der Waals surface area contributed by atoms with Crippen LogP contribution in [0.5, 0.6) is 11.5 Å². The standard InChI is InChI=1S/C33H26IN3O5S/c1-22-9-11-27(12-10-22)43(39,40)37-18-15-28-30(37)13-14-31(32(28)33(38)41-2)42-26-8-4-6-24(20-26)29-16-17-36(35-29)21-23-5-3-7-25(34)19-23/h3-20H,21H2,1-2H3. The molecular weight excluding hydrogens is 677 g/mol. The van der Waals surface area contributed by atoms with Crippen molar-refractivity contribution in [3.8, 4) is 22.8 Å². The zero-order chi connectivity index (χ0) is 30.1. The summed E-state index contributed by atoms with van der Waals surface area (Å²) in [6.07, 6.45) is 3.37. The molecule has 0 saturated carbocycles. The molecule has 0 unspecified atom stereocenters. The Labute approximate surface area is 262 Å². The number of carbonyl (C=O) groups excluding carboxylic acids is 1. The fraction of sp³-hybridized carbons (Fsp3) is 0.0909. The van der Waals surface area contributed by atoms with Crippen molar-refractivity contribution >= 4 is 49.5 Å². The average Bonchev–Trinajstić information content (AvgIpc) is 3.65. The third-order valence-corrected chi connectivity index (χ3v) is 9.37. The lowest BCUT2D eigenvalue weighted by Gasteiger charge is -2.13. The molecular formula is C33H26IN3O5S. The van der Waals surface area contributed by atoms with E-state index in [0.717, 1.165) is 26.4 Å². The van der Waals surface area contributed by atoms with Gasteiger partial charge in [0.1, 0.15) is 17.1 Å². The maximum atomic E-state index is 13.4. The van der Waals surface area contributed by atoms with Crippen LogP contribution in [0.1, 0.15) is 21.5 Å². The zero-order valence-corrected chi connectivity index (χ0v) is 26.2. The second-order valence-electron chi connectivity index (χ2n) is 9.95. The third kappa shape index (κ3) is 5.80. The Kier molecular flexibility index (Phi) is 7.80. The smallest absolute Gasteiger partial charge is 0.342 e. The van der Waals surface area contributed by atoms with Crippen LogP contribution in [0.3, 0.4) is 0 Å². The van der Waals surface area contributed by atoms with Gasteiger partial charge in [-0.1, -0.05) is 42.0 Å². The lowest BCUT2D eigenvalue weighted by Crippen LogP contribution is -2.12. The number of esters is 1. The number of methoxy groups -OCH3 is 1. The molecule has 0 spiro atoms. The first-order valence-corrected chi connectivity index (χ1v) is 15.9. The van der Waals surface area contributed by atoms with E-state index >= 15 is 0 Å². The van der Waals surface area contributed by atoms with Crippen LogP contribution >= 0.6 is 22.6 Å².